The number of nitrogens with two attached hydrogens (primary N) is 1. The molecule has 8 heteroatoms. The van der Waals surface area contributed by atoms with E-state index in [4.69, 9.17) is 10.5 Å². The number of likely N-dealkylation sites (tertiary alicyclic amines) is 2. The van der Waals surface area contributed by atoms with Gasteiger partial charge in [0.25, 0.3) is 5.91 Å². The van der Waals surface area contributed by atoms with Gasteiger partial charge < -0.3 is 20.3 Å². The van der Waals surface area contributed by atoms with Crippen molar-refractivity contribution < 1.29 is 19.1 Å². The number of hydrogen-bond acceptors (Lipinski definition) is 4. The second-order valence-corrected chi connectivity index (χ2v) is 8.73. The highest BCUT2D eigenvalue weighted by atomic mass is 79.9. The molecule has 2 aliphatic heterocycles. The fraction of sp³-hybridized carbons (Fsp3) is 0.571. The fourth-order valence-electron chi connectivity index (χ4n) is 4.01. The van der Waals surface area contributed by atoms with Crippen molar-refractivity contribution in [2.75, 3.05) is 26.2 Å². The van der Waals surface area contributed by atoms with Crippen molar-refractivity contribution in [1.29, 1.82) is 0 Å². The van der Waals surface area contributed by atoms with E-state index >= 15 is 0 Å². The molecule has 29 heavy (non-hydrogen) atoms. The molecule has 0 bridgehead atoms. The van der Waals surface area contributed by atoms with Crippen LogP contribution in [0.25, 0.3) is 0 Å². The molecule has 3 rings (SSSR count). The number of carbonyl (C=O) groups is 3. The van der Waals surface area contributed by atoms with E-state index in [1.807, 2.05) is 29.2 Å². The van der Waals surface area contributed by atoms with Crippen LogP contribution in [0, 0.1) is 11.8 Å². The third-order valence-corrected chi connectivity index (χ3v) is 6.37. The van der Waals surface area contributed by atoms with Crippen LogP contribution in [0.3, 0.4) is 0 Å². The third-order valence-electron chi connectivity index (χ3n) is 5.84. The number of halogens is 1. The predicted octanol–water partition coefficient (Wildman–Crippen LogP) is 2.18. The minimum absolute atomic E-state index is 0.0545. The molecule has 1 aromatic carbocycles. The van der Waals surface area contributed by atoms with Gasteiger partial charge in [-0.05, 0) is 56.9 Å². The van der Waals surface area contributed by atoms with Gasteiger partial charge in [0.05, 0.1) is 0 Å². The van der Waals surface area contributed by atoms with Gasteiger partial charge in [0, 0.05) is 42.5 Å². The Labute approximate surface area is 179 Å². The average molecular weight is 466 g/mol. The van der Waals surface area contributed by atoms with Crippen molar-refractivity contribution in [2.45, 2.75) is 38.7 Å². The molecular weight excluding hydrogens is 438 g/mol. The molecule has 0 spiro atoms. The highest BCUT2D eigenvalue weighted by Gasteiger charge is 2.34. The summed E-state index contributed by atoms with van der Waals surface area (Å²) >= 11 is 3.38. The molecule has 1 atom stereocenters. The first-order valence-electron chi connectivity index (χ1n) is 10.1. The first-order chi connectivity index (χ1) is 13.8. The largest absolute Gasteiger partial charge is 0.481 e. The fourth-order valence-corrected chi connectivity index (χ4v) is 4.28. The normalized spacial score (nSPS) is 19.7. The van der Waals surface area contributed by atoms with Crippen molar-refractivity contribution in [1.82, 2.24) is 9.80 Å². The van der Waals surface area contributed by atoms with E-state index in [2.05, 4.69) is 15.9 Å². The van der Waals surface area contributed by atoms with Crippen LogP contribution in [0.4, 0.5) is 0 Å². The van der Waals surface area contributed by atoms with Gasteiger partial charge in [-0.15, -0.1) is 0 Å². The first kappa shape index (κ1) is 21.6. The third kappa shape index (κ3) is 5.50. The first-order valence-corrected chi connectivity index (χ1v) is 10.9. The van der Waals surface area contributed by atoms with Gasteiger partial charge in [-0.2, -0.15) is 0 Å². The number of carbonyl (C=O) groups excluding carboxylic acids is 3. The van der Waals surface area contributed by atoms with Crippen molar-refractivity contribution in [3.63, 3.8) is 0 Å². The summed E-state index contributed by atoms with van der Waals surface area (Å²) < 4.78 is 6.71. The summed E-state index contributed by atoms with van der Waals surface area (Å²) in [5.41, 5.74) is 5.36. The molecule has 0 aliphatic carbocycles. The van der Waals surface area contributed by atoms with Crippen molar-refractivity contribution in [3.05, 3.63) is 28.7 Å². The van der Waals surface area contributed by atoms with E-state index in [1.54, 1.807) is 11.8 Å². The quantitative estimate of drug-likeness (QED) is 0.720. The lowest BCUT2D eigenvalue weighted by Gasteiger charge is -2.37. The van der Waals surface area contributed by atoms with Crippen LogP contribution in [0.5, 0.6) is 5.75 Å². The number of rotatable bonds is 5. The van der Waals surface area contributed by atoms with E-state index in [0.717, 1.165) is 4.47 Å². The van der Waals surface area contributed by atoms with Crippen LogP contribution in [-0.4, -0.2) is 59.8 Å². The number of amides is 3. The maximum absolute atomic E-state index is 12.8. The van der Waals surface area contributed by atoms with Gasteiger partial charge in [0.2, 0.25) is 11.8 Å². The Hall–Kier alpha value is -2.09. The zero-order chi connectivity index (χ0) is 21.0. The molecule has 158 valence electrons. The summed E-state index contributed by atoms with van der Waals surface area (Å²) in [6.45, 7) is 4.04. The summed E-state index contributed by atoms with van der Waals surface area (Å²) in [5.74, 6) is 0.278. The monoisotopic (exact) mass is 465 g/mol. The Bertz CT molecular complexity index is 739. The average Bonchev–Trinajstić information content (AvgIpc) is 2.74. The van der Waals surface area contributed by atoms with E-state index in [-0.39, 0.29) is 29.6 Å². The van der Waals surface area contributed by atoms with Crippen LogP contribution in [0.15, 0.2) is 28.7 Å². The van der Waals surface area contributed by atoms with Gasteiger partial charge in [-0.3, -0.25) is 14.4 Å². The minimum atomic E-state index is -0.573. The second kappa shape index (κ2) is 9.61. The zero-order valence-electron chi connectivity index (χ0n) is 16.7. The number of piperidine rings is 2. The van der Waals surface area contributed by atoms with E-state index in [1.165, 1.54) is 0 Å². The van der Waals surface area contributed by atoms with Gasteiger partial charge in [-0.25, -0.2) is 0 Å². The Balaban J connectivity index is 1.45. The molecule has 0 unspecified atom stereocenters. The smallest absolute Gasteiger partial charge is 0.263 e. The van der Waals surface area contributed by atoms with E-state index < -0.39 is 6.10 Å². The van der Waals surface area contributed by atoms with Gasteiger partial charge in [-0.1, -0.05) is 15.9 Å². The number of benzene rings is 1. The molecule has 0 saturated carbocycles. The molecule has 1 aromatic rings. The Morgan fingerprint density at radius 2 is 1.48 bits per heavy atom. The number of primary amides is 1. The maximum Gasteiger partial charge on any atom is 0.263 e. The highest BCUT2D eigenvalue weighted by Crippen LogP contribution is 2.25. The Kier molecular flexibility index (Phi) is 7.16. The predicted molar refractivity (Wildman–Crippen MR) is 112 cm³/mol. The van der Waals surface area contributed by atoms with Crippen molar-refractivity contribution in [2.24, 2.45) is 17.6 Å². The molecular formula is C21H28BrN3O4. The molecule has 3 amide bonds. The summed E-state index contributed by atoms with van der Waals surface area (Å²) in [6.07, 6.45) is 2.03. The molecule has 2 N–H and O–H groups in total. The summed E-state index contributed by atoms with van der Waals surface area (Å²) in [4.78, 5) is 40.4. The van der Waals surface area contributed by atoms with Crippen LogP contribution < -0.4 is 10.5 Å². The molecule has 2 fully saturated rings. The second-order valence-electron chi connectivity index (χ2n) is 7.82. The van der Waals surface area contributed by atoms with Crippen molar-refractivity contribution in [3.8, 4) is 5.75 Å². The number of nitrogens with zero attached hydrogens (tertiary/aromatic N) is 2. The molecule has 7 nitrogen and oxygen atoms in total. The molecule has 0 radical (unpaired) electrons. The lowest BCUT2D eigenvalue weighted by Crippen LogP contribution is -2.49. The van der Waals surface area contributed by atoms with Crippen LogP contribution in [0.2, 0.25) is 0 Å². The lowest BCUT2D eigenvalue weighted by molar-refractivity contribution is -0.145. The summed E-state index contributed by atoms with van der Waals surface area (Å²) in [6, 6.07) is 7.38. The Morgan fingerprint density at radius 1 is 0.966 bits per heavy atom. The maximum atomic E-state index is 12.8. The lowest BCUT2D eigenvalue weighted by atomic mass is 9.91. The van der Waals surface area contributed by atoms with Crippen LogP contribution >= 0.6 is 15.9 Å². The summed E-state index contributed by atoms with van der Waals surface area (Å²) in [7, 11) is 0. The topological polar surface area (TPSA) is 92.9 Å². The highest BCUT2D eigenvalue weighted by molar-refractivity contribution is 9.10. The van der Waals surface area contributed by atoms with Gasteiger partial charge in [0.15, 0.2) is 6.10 Å². The summed E-state index contributed by atoms with van der Waals surface area (Å²) in [5, 5.41) is 0. The molecule has 0 aromatic heterocycles. The Morgan fingerprint density at radius 3 is 2.03 bits per heavy atom. The number of ether oxygens (including phenoxy) is 1. The van der Waals surface area contributed by atoms with Gasteiger partial charge >= 0.3 is 0 Å². The SMILES string of the molecule is C[C@H](Oc1ccc(Br)cc1)C(=O)N1CCC(C(=O)N2CCC(C(N)=O)CC2)CC1. The molecule has 2 saturated heterocycles. The minimum Gasteiger partial charge on any atom is -0.481 e. The van der Waals surface area contributed by atoms with Crippen molar-refractivity contribution >= 4 is 33.7 Å². The van der Waals surface area contributed by atoms with Gasteiger partial charge in [0.1, 0.15) is 5.75 Å². The van der Waals surface area contributed by atoms with Crippen LogP contribution in [-0.2, 0) is 14.4 Å². The van der Waals surface area contributed by atoms with E-state index in [0.29, 0.717) is 57.6 Å². The van der Waals surface area contributed by atoms with Crippen LogP contribution in [0.1, 0.15) is 32.6 Å². The zero-order valence-corrected chi connectivity index (χ0v) is 18.3. The number of hydrogen-bond donors (Lipinski definition) is 1. The standard InChI is InChI=1S/C21H28BrN3O4/c1-14(29-18-4-2-17(22)3-5-18)20(27)24-12-8-16(9-13-24)21(28)25-10-6-15(7-11-25)19(23)26/h2-5,14-16H,6-13H2,1H3,(H2,23,26)/t14-/m0/s1. The molecule has 2 aliphatic rings. The van der Waals surface area contributed by atoms with E-state index in [9.17, 15) is 14.4 Å². The molecule has 2 heterocycles.